The monoisotopic (exact) mass is 468 g/mol. The molecule has 3 aromatic rings. The molecule has 0 bridgehead atoms. The first-order chi connectivity index (χ1) is 15.8. The molecule has 33 heavy (non-hydrogen) atoms. The van der Waals surface area contributed by atoms with Crippen LogP contribution in [0.15, 0.2) is 70.6 Å². The van der Waals surface area contributed by atoms with Crippen LogP contribution in [-0.4, -0.2) is 37.6 Å². The van der Waals surface area contributed by atoms with Gasteiger partial charge in [-0.05, 0) is 61.7 Å². The highest BCUT2D eigenvalue weighted by Gasteiger charge is 2.26. The fourth-order valence-corrected chi connectivity index (χ4v) is 4.90. The summed E-state index contributed by atoms with van der Waals surface area (Å²) in [6.07, 6.45) is 1.31. The lowest BCUT2D eigenvalue weighted by Gasteiger charge is -2.31. The molecule has 1 N–H and O–H groups in total. The van der Waals surface area contributed by atoms with Gasteiger partial charge in [0.25, 0.3) is 0 Å². The fourth-order valence-electron chi connectivity index (χ4n) is 3.77. The van der Waals surface area contributed by atoms with Crippen LogP contribution < -0.4 is 10.2 Å². The second-order valence-electron chi connectivity index (χ2n) is 8.15. The summed E-state index contributed by atoms with van der Waals surface area (Å²) in [5.41, 5.74) is 1.82. The van der Waals surface area contributed by atoms with Gasteiger partial charge in [-0.2, -0.15) is 0 Å². The third-order valence-electron chi connectivity index (χ3n) is 5.80. The summed E-state index contributed by atoms with van der Waals surface area (Å²) >= 11 is 0. The van der Waals surface area contributed by atoms with Gasteiger partial charge >= 0.3 is 0 Å². The van der Waals surface area contributed by atoms with E-state index < -0.39 is 9.84 Å². The molecule has 2 heterocycles. The molecule has 7 nitrogen and oxygen atoms in total. The van der Waals surface area contributed by atoms with Crippen molar-refractivity contribution in [2.75, 3.05) is 18.0 Å². The van der Waals surface area contributed by atoms with E-state index in [1.165, 1.54) is 18.2 Å². The van der Waals surface area contributed by atoms with Gasteiger partial charge in [0.2, 0.25) is 15.7 Å². The van der Waals surface area contributed by atoms with Crippen molar-refractivity contribution in [3.8, 4) is 0 Å². The number of aryl methyl sites for hydroxylation is 1. The summed E-state index contributed by atoms with van der Waals surface area (Å²) in [7, 11) is -3.72. The lowest BCUT2D eigenvalue weighted by molar-refractivity contribution is -0.125. The van der Waals surface area contributed by atoms with Crippen molar-refractivity contribution >= 4 is 21.6 Å². The topological polar surface area (TPSA) is 92.3 Å². The maximum atomic E-state index is 13.0. The molecule has 1 saturated heterocycles. The summed E-state index contributed by atoms with van der Waals surface area (Å²) in [6, 6.07) is 15.8. The third kappa shape index (κ3) is 5.36. The molecule has 172 valence electrons. The molecule has 0 unspecified atom stereocenters. The van der Waals surface area contributed by atoms with Crippen LogP contribution in [0.3, 0.4) is 0 Å². The van der Waals surface area contributed by atoms with Crippen LogP contribution in [-0.2, 0) is 21.2 Å². The zero-order chi connectivity index (χ0) is 23.4. The van der Waals surface area contributed by atoms with Crippen LogP contribution in [0.5, 0.6) is 0 Å². The van der Waals surface area contributed by atoms with E-state index in [4.69, 9.17) is 0 Å². The maximum Gasteiger partial charge on any atom is 0.225 e. The first-order valence-electron chi connectivity index (χ1n) is 10.8. The predicted octanol–water partition coefficient (Wildman–Crippen LogP) is 3.29. The van der Waals surface area contributed by atoms with E-state index in [2.05, 4.69) is 15.5 Å². The van der Waals surface area contributed by atoms with Crippen molar-refractivity contribution in [3.63, 3.8) is 0 Å². The highest BCUT2D eigenvalue weighted by Crippen LogP contribution is 2.24. The molecule has 1 aromatic heterocycles. The number of rotatable bonds is 6. The van der Waals surface area contributed by atoms with Gasteiger partial charge in [-0.15, -0.1) is 10.2 Å². The van der Waals surface area contributed by atoms with E-state index in [1.807, 2.05) is 11.8 Å². The van der Waals surface area contributed by atoms with Crippen LogP contribution in [0.4, 0.5) is 10.2 Å². The Morgan fingerprint density at radius 1 is 1.00 bits per heavy atom. The molecule has 1 aliphatic heterocycles. The van der Waals surface area contributed by atoms with Crippen LogP contribution in [0.1, 0.15) is 24.0 Å². The van der Waals surface area contributed by atoms with Crippen molar-refractivity contribution < 1.29 is 17.6 Å². The van der Waals surface area contributed by atoms with Crippen molar-refractivity contribution in [2.45, 2.75) is 36.2 Å². The SMILES string of the molecule is Cc1ccc(S(=O)(=O)c2ccc(N3CCC(C(=O)NCc4ccc(F)cc4)CC3)nn2)cc1. The molecule has 9 heteroatoms. The highest BCUT2D eigenvalue weighted by atomic mass is 32.2. The number of anilines is 1. The smallest absolute Gasteiger partial charge is 0.225 e. The molecule has 0 radical (unpaired) electrons. The summed E-state index contributed by atoms with van der Waals surface area (Å²) in [5, 5.41) is 10.9. The lowest BCUT2D eigenvalue weighted by Crippen LogP contribution is -2.40. The molecule has 4 rings (SSSR count). The first-order valence-corrected chi connectivity index (χ1v) is 12.2. The van der Waals surface area contributed by atoms with Gasteiger partial charge in [0.1, 0.15) is 5.82 Å². The van der Waals surface area contributed by atoms with Crippen molar-refractivity contribution in [3.05, 3.63) is 77.6 Å². The molecule has 1 fully saturated rings. The standard InChI is InChI=1S/C24H25FN4O3S/c1-17-2-8-21(9-3-17)33(31,32)23-11-10-22(27-28-23)29-14-12-19(13-15-29)24(30)26-16-18-4-6-20(25)7-5-18/h2-11,19H,12-16H2,1H3,(H,26,30). The lowest BCUT2D eigenvalue weighted by atomic mass is 9.96. The van der Waals surface area contributed by atoms with Crippen LogP contribution in [0.2, 0.25) is 0 Å². The summed E-state index contributed by atoms with van der Waals surface area (Å²) in [4.78, 5) is 14.7. The van der Waals surface area contributed by atoms with Gasteiger partial charge in [0.05, 0.1) is 4.90 Å². The van der Waals surface area contributed by atoms with Gasteiger partial charge in [0, 0.05) is 25.6 Å². The number of halogens is 1. The average molecular weight is 469 g/mol. The van der Waals surface area contributed by atoms with Gasteiger partial charge < -0.3 is 10.2 Å². The number of aromatic nitrogens is 2. The minimum Gasteiger partial charge on any atom is -0.355 e. The fraction of sp³-hybridized carbons (Fsp3) is 0.292. The van der Waals surface area contributed by atoms with Crippen molar-refractivity contribution in [1.82, 2.24) is 15.5 Å². The van der Waals surface area contributed by atoms with Crippen LogP contribution in [0, 0.1) is 18.7 Å². The number of nitrogens with one attached hydrogen (secondary N) is 1. The van der Waals surface area contributed by atoms with Crippen LogP contribution in [0.25, 0.3) is 0 Å². The summed E-state index contributed by atoms with van der Waals surface area (Å²) in [6.45, 7) is 3.49. The van der Waals surface area contributed by atoms with Crippen molar-refractivity contribution in [2.24, 2.45) is 5.92 Å². The Labute approximate surface area is 192 Å². The number of carbonyl (C=O) groups excluding carboxylic acids is 1. The Morgan fingerprint density at radius 2 is 1.67 bits per heavy atom. The average Bonchev–Trinajstić information content (AvgIpc) is 2.84. The molecule has 2 aromatic carbocycles. The van der Waals surface area contributed by atoms with Gasteiger partial charge in [-0.1, -0.05) is 29.8 Å². The molecule has 0 saturated carbocycles. The zero-order valence-corrected chi connectivity index (χ0v) is 19.1. The van der Waals surface area contributed by atoms with E-state index in [9.17, 15) is 17.6 Å². The Bertz CT molecular complexity index is 1210. The molecule has 0 atom stereocenters. The Balaban J connectivity index is 1.32. The summed E-state index contributed by atoms with van der Waals surface area (Å²) in [5.74, 6) is 0.143. The zero-order valence-electron chi connectivity index (χ0n) is 18.2. The van der Waals surface area contributed by atoms with Gasteiger partial charge in [0.15, 0.2) is 10.8 Å². The normalized spacial score (nSPS) is 14.8. The van der Waals surface area contributed by atoms with Crippen LogP contribution >= 0.6 is 0 Å². The van der Waals surface area contributed by atoms with E-state index in [0.717, 1.165) is 11.1 Å². The molecule has 1 amide bonds. The molecular weight excluding hydrogens is 443 g/mol. The highest BCUT2D eigenvalue weighted by molar-refractivity contribution is 7.91. The minimum absolute atomic E-state index is 0.0235. The number of hydrogen-bond acceptors (Lipinski definition) is 6. The van der Waals surface area contributed by atoms with Crippen molar-refractivity contribution in [1.29, 1.82) is 0 Å². The molecule has 0 aliphatic carbocycles. The largest absolute Gasteiger partial charge is 0.355 e. The minimum atomic E-state index is -3.72. The number of nitrogens with zero attached hydrogens (tertiary/aromatic N) is 3. The predicted molar refractivity (Wildman–Crippen MR) is 122 cm³/mol. The number of benzene rings is 2. The number of carbonyl (C=O) groups is 1. The first kappa shape index (κ1) is 22.8. The Hall–Kier alpha value is -3.33. The Morgan fingerprint density at radius 3 is 2.27 bits per heavy atom. The van der Waals surface area contributed by atoms with Gasteiger partial charge in [-0.25, -0.2) is 12.8 Å². The van der Waals surface area contributed by atoms with E-state index in [0.29, 0.717) is 38.3 Å². The second kappa shape index (κ2) is 9.66. The number of amides is 1. The number of hydrogen-bond donors (Lipinski definition) is 1. The molecule has 1 aliphatic rings. The van der Waals surface area contributed by atoms with E-state index in [1.54, 1.807) is 42.5 Å². The van der Waals surface area contributed by atoms with Gasteiger partial charge in [-0.3, -0.25) is 4.79 Å². The Kier molecular flexibility index (Phi) is 6.69. The third-order valence-corrected chi connectivity index (χ3v) is 7.46. The molecule has 0 spiro atoms. The quantitative estimate of drug-likeness (QED) is 0.597. The maximum absolute atomic E-state index is 13.0. The second-order valence-corrected chi connectivity index (χ2v) is 10.0. The number of piperidine rings is 1. The molecular formula is C24H25FN4O3S. The summed E-state index contributed by atoms with van der Waals surface area (Å²) < 4.78 is 38.5. The van der Waals surface area contributed by atoms with E-state index >= 15 is 0 Å². The van der Waals surface area contributed by atoms with E-state index in [-0.39, 0.29) is 27.6 Å². The number of sulfone groups is 1.